The first-order valence-corrected chi connectivity index (χ1v) is 26.1. The van der Waals surface area contributed by atoms with E-state index in [0.717, 1.165) is 12.1 Å². The summed E-state index contributed by atoms with van der Waals surface area (Å²) < 4.78 is 97.9. The van der Waals surface area contributed by atoms with Gasteiger partial charge in [0.1, 0.15) is 23.0 Å². The van der Waals surface area contributed by atoms with Crippen molar-refractivity contribution in [2.45, 2.75) is 50.6 Å². The Balaban J connectivity index is 0.000000221. The Morgan fingerprint density at radius 2 is 0.947 bits per heavy atom. The lowest BCUT2D eigenvalue weighted by Gasteiger charge is -2.14. The molecular weight excluding hydrogens is 1030 g/mol. The van der Waals surface area contributed by atoms with Crippen molar-refractivity contribution in [2.75, 3.05) is 37.8 Å². The van der Waals surface area contributed by atoms with Gasteiger partial charge in [0, 0.05) is 50.7 Å². The Kier molecular flexibility index (Phi) is 16.6. The van der Waals surface area contributed by atoms with Crippen molar-refractivity contribution in [1.82, 2.24) is 39.7 Å². The standard InChI is InChI=1S/2C26H26FN5O5S/c2*1-15-5-7-19(11-21(15)27)38(35,36)31-23-10-18(12-29-25(23)37-4)17-6-8-22-20(9-17)26(34)32(14-30-22)13-16(2)24(33)28-3/h2*5-12,14,16,31H,13H2,1-4H3,(H,28,33)/t2*16-/m10/s1. The highest BCUT2D eigenvalue weighted by atomic mass is 32.2. The molecule has 8 rings (SSSR count). The van der Waals surface area contributed by atoms with E-state index in [1.807, 2.05) is 0 Å². The molecule has 8 aromatic rings. The van der Waals surface area contributed by atoms with Gasteiger partial charge in [0.15, 0.2) is 0 Å². The summed E-state index contributed by atoms with van der Waals surface area (Å²) in [5.41, 5.74) is 3.13. The zero-order chi connectivity index (χ0) is 55.2. The van der Waals surface area contributed by atoms with E-state index in [1.165, 1.54) is 113 Å². The normalized spacial score (nSPS) is 12.2. The molecule has 0 saturated carbocycles. The van der Waals surface area contributed by atoms with Gasteiger partial charge in [-0.05, 0) is 96.8 Å². The van der Waals surface area contributed by atoms with Crippen LogP contribution in [-0.4, -0.2) is 86.0 Å². The number of pyridine rings is 2. The highest BCUT2D eigenvalue weighted by Crippen LogP contribution is 2.33. The Bertz CT molecular complexity index is 3660. The second kappa shape index (κ2) is 22.9. The van der Waals surface area contributed by atoms with Crippen molar-refractivity contribution in [3.63, 3.8) is 0 Å². The lowest BCUT2D eigenvalue weighted by molar-refractivity contribution is -0.125. The van der Waals surface area contributed by atoms with Crippen LogP contribution < -0.4 is 40.7 Å². The topological polar surface area (TPSA) is 265 Å². The monoisotopic (exact) mass is 1080 g/mol. The number of carbonyl (C=O) groups excluding carboxylic acids is 2. The van der Waals surface area contributed by atoms with E-state index in [1.54, 1.807) is 50.2 Å². The highest BCUT2D eigenvalue weighted by Gasteiger charge is 2.23. The third-order valence-electron chi connectivity index (χ3n) is 12.1. The Morgan fingerprint density at radius 1 is 0.566 bits per heavy atom. The number of methoxy groups -OCH3 is 2. The van der Waals surface area contributed by atoms with Crippen LogP contribution in [0.3, 0.4) is 0 Å². The molecule has 20 nitrogen and oxygen atoms in total. The highest BCUT2D eigenvalue weighted by molar-refractivity contribution is 7.93. The number of benzene rings is 4. The number of amides is 2. The molecule has 4 aromatic carbocycles. The molecule has 76 heavy (non-hydrogen) atoms. The number of halogens is 2. The van der Waals surface area contributed by atoms with Gasteiger partial charge in [0.05, 0.1) is 70.3 Å². The van der Waals surface area contributed by atoms with Gasteiger partial charge in [-0.15, -0.1) is 0 Å². The predicted molar refractivity (Wildman–Crippen MR) is 282 cm³/mol. The van der Waals surface area contributed by atoms with Gasteiger partial charge in [-0.1, -0.05) is 38.1 Å². The van der Waals surface area contributed by atoms with Gasteiger partial charge < -0.3 is 20.1 Å². The fourth-order valence-electron chi connectivity index (χ4n) is 7.77. The molecule has 4 heterocycles. The number of aromatic nitrogens is 6. The molecule has 0 unspecified atom stereocenters. The fourth-order valence-corrected chi connectivity index (χ4v) is 9.89. The quantitative estimate of drug-likeness (QED) is 0.0841. The SMILES string of the molecule is CNC(=O)[C@@H](C)Cn1cnc2ccc(-c3cnc(OC)c(NS(=O)(=O)c4ccc(C)c(F)c4)c3)cc2c1=O.CNC(=O)[C@H](C)Cn1cnc2ccc(-c3cnc(OC)c(NS(=O)(=O)c4ccc(C)c(F)c4)c3)cc2c1=O. The van der Waals surface area contributed by atoms with Crippen molar-refractivity contribution in [3.8, 4) is 34.0 Å². The molecule has 0 fully saturated rings. The van der Waals surface area contributed by atoms with Gasteiger partial charge in [0.25, 0.3) is 31.2 Å². The van der Waals surface area contributed by atoms with Crippen LogP contribution >= 0.6 is 0 Å². The number of aryl methyl sites for hydroxylation is 2. The van der Waals surface area contributed by atoms with Gasteiger partial charge in [0.2, 0.25) is 23.6 Å². The maximum Gasteiger partial charge on any atom is 0.262 e. The molecule has 0 aliphatic heterocycles. The number of rotatable bonds is 16. The summed E-state index contributed by atoms with van der Waals surface area (Å²) in [7, 11) is -2.57. The number of fused-ring (bicyclic) bond motifs is 2. The zero-order valence-electron chi connectivity index (χ0n) is 42.3. The number of nitrogens with zero attached hydrogens (tertiary/aromatic N) is 6. The lowest BCUT2D eigenvalue weighted by Crippen LogP contribution is -2.32. The maximum absolute atomic E-state index is 14.0. The molecule has 4 N–H and O–H groups in total. The zero-order valence-corrected chi connectivity index (χ0v) is 43.9. The van der Waals surface area contributed by atoms with Crippen molar-refractivity contribution in [3.05, 3.63) is 153 Å². The number of hydrogen-bond donors (Lipinski definition) is 4. The van der Waals surface area contributed by atoms with Crippen LogP contribution in [0.1, 0.15) is 25.0 Å². The number of anilines is 2. The van der Waals surface area contributed by atoms with Crippen LogP contribution in [0.5, 0.6) is 11.8 Å². The van der Waals surface area contributed by atoms with Crippen LogP contribution in [0.2, 0.25) is 0 Å². The second-order valence-corrected chi connectivity index (χ2v) is 20.9. The summed E-state index contributed by atoms with van der Waals surface area (Å²) >= 11 is 0. The summed E-state index contributed by atoms with van der Waals surface area (Å²) in [5, 5.41) is 5.76. The van der Waals surface area contributed by atoms with Crippen LogP contribution in [0.25, 0.3) is 44.1 Å². The lowest BCUT2D eigenvalue weighted by atomic mass is 10.0. The number of ether oxygens (including phenoxy) is 2. The van der Waals surface area contributed by atoms with Crippen molar-refractivity contribution < 1.29 is 44.7 Å². The molecule has 2 amide bonds. The van der Waals surface area contributed by atoms with E-state index in [4.69, 9.17) is 9.47 Å². The van der Waals surface area contributed by atoms with Gasteiger partial charge >= 0.3 is 0 Å². The predicted octanol–water partition coefficient (Wildman–Crippen LogP) is 6.20. The third kappa shape index (κ3) is 12.1. The minimum Gasteiger partial charge on any atom is -0.480 e. The first-order valence-electron chi connectivity index (χ1n) is 23.2. The van der Waals surface area contributed by atoms with Crippen LogP contribution in [0.4, 0.5) is 20.2 Å². The molecule has 0 spiro atoms. The minimum atomic E-state index is -4.16. The van der Waals surface area contributed by atoms with Crippen molar-refractivity contribution in [2.24, 2.45) is 11.8 Å². The number of carbonyl (C=O) groups is 2. The number of nitrogens with one attached hydrogen (secondary N) is 4. The maximum atomic E-state index is 14.0. The van der Waals surface area contributed by atoms with Crippen molar-refractivity contribution >= 4 is 65.0 Å². The van der Waals surface area contributed by atoms with Crippen LogP contribution in [0, 0.1) is 37.3 Å². The Labute approximate surface area is 435 Å². The third-order valence-corrected chi connectivity index (χ3v) is 14.9. The second-order valence-electron chi connectivity index (χ2n) is 17.5. The van der Waals surface area contributed by atoms with Crippen LogP contribution in [0.15, 0.2) is 129 Å². The number of hydrogen-bond acceptors (Lipinski definition) is 14. The van der Waals surface area contributed by atoms with E-state index in [2.05, 4.69) is 40.0 Å². The molecule has 4 aromatic heterocycles. The summed E-state index contributed by atoms with van der Waals surface area (Å²) in [6, 6.07) is 20.3. The van der Waals surface area contributed by atoms with Gasteiger partial charge in [-0.3, -0.25) is 37.8 Å². The summed E-state index contributed by atoms with van der Waals surface area (Å²) in [6.45, 7) is 6.80. The molecular formula is C52H52F2N10O10S2. The van der Waals surface area contributed by atoms with Gasteiger partial charge in [-0.25, -0.2) is 45.6 Å². The Hall–Kier alpha value is -8.64. The average Bonchev–Trinajstić information content (AvgIpc) is 3.40. The van der Waals surface area contributed by atoms with Gasteiger partial charge in [-0.2, -0.15) is 0 Å². The summed E-state index contributed by atoms with van der Waals surface area (Å²) in [4.78, 5) is 66.7. The van der Waals surface area contributed by atoms with E-state index < -0.39 is 43.5 Å². The van der Waals surface area contributed by atoms with Crippen molar-refractivity contribution in [1.29, 1.82) is 0 Å². The molecule has 0 radical (unpaired) electrons. The molecule has 0 aliphatic rings. The fraction of sp³-hybridized carbons (Fsp3) is 0.231. The Morgan fingerprint density at radius 3 is 1.29 bits per heavy atom. The molecule has 0 saturated heterocycles. The molecule has 2 atom stereocenters. The first kappa shape index (κ1) is 55.1. The summed E-state index contributed by atoms with van der Waals surface area (Å²) in [5.74, 6) is -2.54. The van der Waals surface area contributed by atoms with E-state index in [0.29, 0.717) is 55.2 Å². The molecule has 0 aliphatic carbocycles. The summed E-state index contributed by atoms with van der Waals surface area (Å²) in [6.07, 6.45) is 5.76. The molecule has 396 valence electrons. The van der Waals surface area contributed by atoms with E-state index in [9.17, 15) is 44.8 Å². The molecule has 24 heteroatoms. The average molecular weight is 1080 g/mol. The first-order chi connectivity index (χ1) is 36.1. The smallest absolute Gasteiger partial charge is 0.262 e. The minimum absolute atomic E-state index is 0.0120. The largest absolute Gasteiger partial charge is 0.480 e. The molecule has 0 bridgehead atoms. The van der Waals surface area contributed by atoms with E-state index in [-0.39, 0.29) is 68.9 Å². The number of sulfonamides is 2. The van der Waals surface area contributed by atoms with E-state index >= 15 is 0 Å². The van der Waals surface area contributed by atoms with Crippen LogP contribution in [-0.2, 0) is 42.7 Å².